The summed E-state index contributed by atoms with van der Waals surface area (Å²) >= 11 is 0. The van der Waals surface area contributed by atoms with Crippen LogP contribution in [0.5, 0.6) is 0 Å². The third kappa shape index (κ3) is 2.74. The summed E-state index contributed by atoms with van der Waals surface area (Å²) < 4.78 is 38.0. The number of likely N-dealkylation sites (tertiary alicyclic amines) is 1. The van der Waals surface area contributed by atoms with E-state index in [-0.39, 0.29) is 6.54 Å². The smallest absolute Gasteiger partial charge is 0.305 e. The summed E-state index contributed by atoms with van der Waals surface area (Å²) in [6, 6.07) is 0. The standard InChI is InChI=1S/C10H16F3N/c1-3-8-5-4-6-14(2)7-9(8)10(11,12)13/h3,9H,4-7H2,1-2H3/b8-3-. The summed E-state index contributed by atoms with van der Waals surface area (Å²) in [6.45, 7) is 2.55. The van der Waals surface area contributed by atoms with Gasteiger partial charge in [0.15, 0.2) is 0 Å². The van der Waals surface area contributed by atoms with Gasteiger partial charge in [-0.15, -0.1) is 0 Å². The number of alkyl halides is 3. The average molecular weight is 207 g/mol. The molecular formula is C10H16F3N. The monoisotopic (exact) mass is 207 g/mol. The first-order chi connectivity index (χ1) is 6.45. The van der Waals surface area contributed by atoms with Crippen molar-refractivity contribution in [2.45, 2.75) is 25.9 Å². The summed E-state index contributed by atoms with van der Waals surface area (Å²) in [5.74, 6) is -1.26. The van der Waals surface area contributed by atoms with Crippen molar-refractivity contribution < 1.29 is 13.2 Å². The van der Waals surface area contributed by atoms with Gasteiger partial charge in [0.05, 0.1) is 5.92 Å². The summed E-state index contributed by atoms with van der Waals surface area (Å²) in [5.41, 5.74) is 0.543. The van der Waals surface area contributed by atoms with Crippen LogP contribution in [0.25, 0.3) is 0 Å². The molecule has 0 radical (unpaired) electrons. The number of rotatable bonds is 0. The molecular weight excluding hydrogens is 191 g/mol. The largest absolute Gasteiger partial charge is 0.396 e. The van der Waals surface area contributed by atoms with Crippen molar-refractivity contribution in [3.8, 4) is 0 Å². The molecule has 4 heteroatoms. The van der Waals surface area contributed by atoms with E-state index in [1.807, 2.05) is 0 Å². The normalized spacial score (nSPS) is 29.2. The Balaban J connectivity index is 2.84. The number of nitrogens with zero attached hydrogens (tertiary/aromatic N) is 1. The zero-order chi connectivity index (χ0) is 10.8. The molecule has 0 aliphatic carbocycles. The highest BCUT2D eigenvalue weighted by atomic mass is 19.4. The molecule has 0 bridgehead atoms. The molecule has 0 spiro atoms. The number of allylic oxidation sites excluding steroid dienone is 1. The van der Waals surface area contributed by atoms with E-state index in [1.54, 1.807) is 24.9 Å². The van der Waals surface area contributed by atoms with Gasteiger partial charge in [0.1, 0.15) is 0 Å². The molecule has 1 unspecified atom stereocenters. The molecule has 1 heterocycles. The SMILES string of the molecule is C/C=C1/CCCN(C)CC1C(F)(F)F. The van der Waals surface area contributed by atoms with E-state index < -0.39 is 12.1 Å². The van der Waals surface area contributed by atoms with Crippen LogP contribution >= 0.6 is 0 Å². The molecule has 1 nitrogen and oxygen atoms in total. The first-order valence-electron chi connectivity index (χ1n) is 4.85. The number of hydrogen-bond acceptors (Lipinski definition) is 1. The molecule has 0 amide bonds. The number of halogens is 3. The van der Waals surface area contributed by atoms with Crippen molar-refractivity contribution >= 4 is 0 Å². The van der Waals surface area contributed by atoms with Crippen LogP contribution in [-0.2, 0) is 0 Å². The molecule has 0 N–H and O–H groups in total. The Hall–Kier alpha value is -0.510. The Morgan fingerprint density at radius 2 is 2.07 bits per heavy atom. The van der Waals surface area contributed by atoms with Crippen molar-refractivity contribution in [2.75, 3.05) is 20.1 Å². The van der Waals surface area contributed by atoms with Gasteiger partial charge >= 0.3 is 6.18 Å². The van der Waals surface area contributed by atoms with Crippen LogP contribution in [0.2, 0.25) is 0 Å². The fraction of sp³-hybridized carbons (Fsp3) is 0.800. The minimum atomic E-state index is -4.10. The van der Waals surface area contributed by atoms with E-state index in [9.17, 15) is 13.2 Å². The molecule has 0 saturated carbocycles. The molecule has 1 aliphatic rings. The zero-order valence-corrected chi connectivity index (χ0v) is 8.56. The van der Waals surface area contributed by atoms with Crippen LogP contribution in [-0.4, -0.2) is 31.2 Å². The van der Waals surface area contributed by atoms with Crippen LogP contribution in [0.4, 0.5) is 13.2 Å². The number of hydrogen-bond donors (Lipinski definition) is 0. The van der Waals surface area contributed by atoms with Crippen molar-refractivity contribution in [3.05, 3.63) is 11.6 Å². The van der Waals surface area contributed by atoms with Crippen molar-refractivity contribution in [1.29, 1.82) is 0 Å². The fourth-order valence-corrected chi connectivity index (χ4v) is 1.91. The average Bonchev–Trinajstić information content (AvgIpc) is 2.25. The van der Waals surface area contributed by atoms with Gasteiger partial charge in [-0.1, -0.05) is 11.6 Å². The van der Waals surface area contributed by atoms with Gasteiger partial charge in [0, 0.05) is 6.54 Å². The van der Waals surface area contributed by atoms with Gasteiger partial charge in [-0.25, -0.2) is 0 Å². The van der Waals surface area contributed by atoms with Crippen molar-refractivity contribution in [1.82, 2.24) is 4.90 Å². The highest BCUT2D eigenvalue weighted by molar-refractivity contribution is 5.10. The highest BCUT2D eigenvalue weighted by Crippen LogP contribution is 2.35. The Bertz CT molecular complexity index is 220. The van der Waals surface area contributed by atoms with Gasteiger partial charge in [-0.2, -0.15) is 13.2 Å². The van der Waals surface area contributed by atoms with Gasteiger partial charge in [-0.3, -0.25) is 0 Å². The van der Waals surface area contributed by atoms with E-state index in [1.165, 1.54) is 0 Å². The predicted molar refractivity (Wildman–Crippen MR) is 50.0 cm³/mol. The first kappa shape index (κ1) is 11.6. The van der Waals surface area contributed by atoms with Gasteiger partial charge in [0.2, 0.25) is 0 Å². The van der Waals surface area contributed by atoms with Crippen LogP contribution < -0.4 is 0 Å². The molecule has 14 heavy (non-hydrogen) atoms. The van der Waals surface area contributed by atoms with E-state index in [4.69, 9.17) is 0 Å². The second-order valence-electron chi connectivity index (χ2n) is 3.82. The minimum Gasteiger partial charge on any atom is -0.305 e. The van der Waals surface area contributed by atoms with Gasteiger partial charge in [-0.05, 0) is 33.4 Å². The van der Waals surface area contributed by atoms with Crippen molar-refractivity contribution in [2.24, 2.45) is 5.92 Å². The van der Waals surface area contributed by atoms with E-state index in [2.05, 4.69) is 0 Å². The van der Waals surface area contributed by atoms with E-state index >= 15 is 0 Å². The molecule has 1 aliphatic heterocycles. The van der Waals surface area contributed by atoms with Gasteiger partial charge < -0.3 is 4.90 Å². The van der Waals surface area contributed by atoms with Crippen molar-refractivity contribution in [3.63, 3.8) is 0 Å². The summed E-state index contributed by atoms with van der Waals surface area (Å²) in [5, 5.41) is 0. The Labute approximate surface area is 82.6 Å². The third-order valence-corrected chi connectivity index (χ3v) is 2.71. The maximum absolute atomic E-state index is 12.7. The minimum absolute atomic E-state index is 0.100. The van der Waals surface area contributed by atoms with E-state index in [0.717, 1.165) is 13.0 Å². The Morgan fingerprint density at radius 1 is 1.43 bits per heavy atom. The molecule has 0 aromatic heterocycles. The van der Waals surface area contributed by atoms with Gasteiger partial charge in [0.25, 0.3) is 0 Å². The lowest BCUT2D eigenvalue weighted by atomic mass is 9.95. The first-order valence-corrected chi connectivity index (χ1v) is 4.85. The summed E-state index contributed by atoms with van der Waals surface area (Å²) in [6.07, 6.45) is -1.08. The molecule has 1 atom stereocenters. The molecule has 82 valence electrons. The lowest BCUT2D eigenvalue weighted by Gasteiger charge is -2.24. The highest BCUT2D eigenvalue weighted by Gasteiger charge is 2.42. The van der Waals surface area contributed by atoms with Crippen LogP contribution in [0.3, 0.4) is 0 Å². The molecule has 1 fully saturated rings. The zero-order valence-electron chi connectivity index (χ0n) is 8.56. The molecule has 0 aromatic rings. The lowest BCUT2D eigenvalue weighted by molar-refractivity contribution is -0.167. The maximum atomic E-state index is 12.7. The van der Waals surface area contributed by atoms with Crippen LogP contribution in [0, 0.1) is 5.92 Å². The summed E-state index contributed by atoms with van der Waals surface area (Å²) in [7, 11) is 1.75. The second kappa shape index (κ2) is 4.34. The van der Waals surface area contributed by atoms with Crippen LogP contribution in [0.15, 0.2) is 11.6 Å². The quantitative estimate of drug-likeness (QED) is 0.552. The molecule has 1 saturated heterocycles. The van der Waals surface area contributed by atoms with Crippen LogP contribution in [0.1, 0.15) is 19.8 Å². The summed E-state index contributed by atoms with van der Waals surface area (Å²) in [4.78, 5) is 1.76. The topological polar surface area (TPSA) is 3.24 Å². The fourth-order valence-electron chi connectivity index (χ4n) is 1.91. The maximum Gasteiger partial charge on any atom is 0.396 e. The third-order valence-electron chi connectivity index (χ3n) is 2.71. The Kier molecular flexibility index (Phi) is 3.59. The molecule has 0 aromatic carbocycles. The Morgan fingerprint density at radius 3 is 2.57 bits per heavy atom. The second-order valence-corrected chi connectivity index (χ2v) is 3.82. The van der Waals surface area contributed by atoms with E-state index in [0.29, 0.717) is 12.0 Å². The predicted octanol–water partition coefficient (Wildman–Crippen LogP) is 2.84. The lowest BCUT2D eigenvalue weighted by Crippen LogP contribution is -2.34. The molecule has 1 rings (SSSR count).